The summed E-state index contributed by atoms with van der Waals surface area (Å²) in [4.78, 5) is 11.1. The lowest BCUT2D eigenvalue weighted by Crippen LogP contribution is -2.45. The lowest BCUT2D eigenvalue weighted by molar-refractivity contribution is -0.136. The van der Waals surface area contributed by atoms with Gasteiger partial charge in [0.2, 0.25) is 0 Å². The summed E-state index contributed by atoms with van der Waals surface area (Å²) in [6.07, 6.45) is 2.35. The van der Waals surface area contributed by atoms with E-state index in [-0.39, 0.29) is 24.7 Å². The number of aliphatic hydroxyl groups is 1. The number of carboxylic acid groups (broad SMARTS) is 1. The van der Waals surface area contributed by atoms with E-state index in [1.165, 1.54) is 11.1 Å². The zero-order chi connectivity index (χ0) is 22.4. The number of carboxylic acids is 1. The lowest BCUT2D eigenvalue weighted by Gasteiger charge is -2.31. The SMILES string of the molecule is C[C@@H](OC[C@@H](O)CNC(C)(C)CC1Cc2ccccc2C1)c1ccccc1CC(=O)O. The summed E-state index contributed by atoms with van der Waals surface area (Å²) in [5.74, 6) is -0.240. The fourth-order valence-electron chi connectivity index (χ4n) is 4.64. The topological polar surface area (TPSA) is 78.8 Å². The summed E-state index contributed by atoms with van der Waals surface area (Å²) in [6.45, 7) is 6.92. The lowest BCUT2D eigenvalue weighted by atomic mass is 9.88. The first-order chi connectivity index (χ1) is 14.7. The van der Waals surface area contributed by atoms with Crippen molar-refractivity contribution in [1.29, 1.82) is 0 Å². The molecular formula is C26H35NO4. The van der Waals surface area contributed by atoms with Crippen LogP contribution in [0.1, 0.15) is 55.5 Å². The fourth-order valence-corrected chi connectivity index (χ4v) is 4.64. The van der Waals surface area contributed by atoms with Gasteiger partial charge in [0.1, 0.15) is 0 Å². The number of benzene rings is 2. The van der Waals surface area contributed by atoms with E-state index >= 15 is 0 Å². The second kappa shape index (κ2) is 10.4. The molecule has 2 aromatic carbocycles. The van der Waals surface area contributed by atoms with Crippen molar-refractivity contribution < 1.29 is 19.7 Å². The van der Waals surface area contributed by atoms with Crippen molar-refractivity contribution in [1.82, 2.24) is 5.32 Å². The van der Waals surface area contributed by atoms with Gasteiger partial charge < -0.3 is 20.3 Å². The van der Waals surface area contributed by atoms with Gasteiger partial charge in [-0.1, -0.05) is 48.5 Å². The van der Waals surface area contributed by atoms with E-state index in [2.05, 4.69) is 43.4 Å². The average molecular weight is 426 g/mol. The molecule has 5 heteroatoms. The van der Waals surface area contributed by atoms with Crippen LogP contribution in [0.25, 0.3) is 0 Å². The Bertz CT molecular complexity index is 854. The Hall–Kier alpha value is -2.21. The van der Waals surface area contributed by atoms with Crippen LogP contribution in [0.3, 0.4) is 0 Å². The Morgan fingerprint density at radius 3 is 2.39 bits per heavy atom. The molecule has 168 valence electrons. The Morgan fingerprint density at radius 2 is 1.74 bits per heavy atom. The highest BCUT2D eigenvalue weighted by Gasteiger charge is 2.28. The molecule has 3 N–H and O–H groups in total. The first-order valence-corrected chi connectivity index (χ1v) is 11.1. The molecule has 0 saturated carbocycles. The third-order valence-corrected chi connectivity index (χ3v) is 6.12. The van der Waals surface area contributed by atoms with E-state index in [0.717, 1.165) is 30.4 Å². The summed E-state index contributed by atoms with van der Waals surface area (Å²) in [5.41, 5.74) is 4.45. The predicted molar refractivity (Wildman–Crippen MR) is 122 cm³/mol. The van der Waals surface area contributed by atoms with E-state index in [0.29, 0.717) is 12.5 Å². The Labute approximate surface area is 185 Å². The maximum Gasteiger partial charge on any atom is 0.307 e. The number of ether oxygens (including phenoxy) is 1. The first-order valence-electron chi connectivity index (χ1n) is 11.1. The smallest absolute Gasteiger partial charge is 0.307 e. The number of carbonyl (C=O) groups is 1. The van der Waals surface area contributed by atoms with E-state index in [1.54, 1.807) is 0 Å². The van der Waals surface area contributed by atoms with Gasteiger partial charge in [-0.05, 0) is 68.2 Å². The van der Waals surface area contributed by atoms with Crippen LogP contribution in [0.5, 0.6) is 0 Å². The molecule has 0 amide bonds. The molecule has 31 heavy (non-hydrogen) atoms. The third-order valence-electron chi connectivity index (χ3n) is 6.12. The first kappa shape index (κ1) is 23.5. The second-order valence-electron chi connectivity index (χ2n) is 9.41. The third kappa shape index (κ3) is 6.89. The molecule has 0 radical (unpaired) electrons. The molecule has 1 aliphatic rings. The number of hydrogen-bond acceptors (Lipinski definition) is 4. The molecule has 0 saturated heterocycles. The number of rotatable bonds is 11. The highest BCUT2D eigenvalue weighted by Crippen LogP contribution is 2.31. The van der Waals surface area contributed by atoms with Crippen molar-refractivity contribution in [3.8, 4) is 0 Å². The van der Waals surface area contributed by atoms with Crippen LogP contribution in [-0.2, 0) is 28.8 Å². The maximum atomic E-state index is 11.1. The van der Waals surface area contributed by atoms with Gasteiger partial charge in [-0.3, -0.25) is 4.79 Å². The van der Waals surface area contributed by atoms with E-state index < -0.39 is 12.1 Å². The quantitative estimate of drug-likeness (QED) is 0.508. The van der Waals surface area contributed by atoms with Crippen molar-refractivity contribution in [2.24, 2.45) is 5.92 Å². The summed E-state index contributed by atoms with van der Waals surface area (Å²) >= 11 is 0. The highest BCUT2D eigenvalue weighted by atomic mass is 16.5. The molecule has 2 atom stereocenters. The number of nitrogens with one attached hydrogen (secondary N) is 1. The van der Waals surface area contributed by atoms with E-state index in [9.17, 15) is 9.90 Å². The van der Waals surface area contributed by atoms with Gasteiger partial charge in [-0.2, -0.15) is 0 Å². The van der Waals surface area contributed by atoms with Crippen LogP contribution in [0.4, 0.5) is 0 Å². The summed E-state index contributed by atoms with van der Waals surface area (Å²) in [5, 5.41) is 23.1. The van der Waals surface area contributed by atoms with Crippen LogP contribution >= 0.6 is 0 Å². The molecular weight excluding hydrogens is 390 g/mol. The molecule has 5 nitrogen and oxygen atoms in total. The molecule has 0 spiro atoms. The number of aliphatic hydroxyl groups excluding tert-OH is 1. The van der Waals surface area contributed by atoms with Crippen LogP contribution in [0, 0.1) is 5.92 Å². The van der Waals surface area contributed by atoms with Crippen LogP contribution in [0.2, 0.25) is 0 Å². The minimum absolute atomic E-state index is 0.0345. The van der Waals surface area contributed by atoms with Crippen LogP contribution in [0.15, 0.2) is 48.5 Å². The normalized spacial score (nSPS) is 16.1. The Balaban J connectivity index is 1.43. The fraction of sp³-hybridized carbons (Fsp3) is 0.500. The molecule has 0 aliphatic heterocycles. The van der Waals surface area contributed by atoms with Gasteiger partial charge in [0.15, 0.2) is 0 Å². The number of fused-ring (bicyclic) bond motifs is 1. The van der Waals surface area contributed by atoms with Gasteiger partial charge in [-0.25, -0.2) is 0 Å². The summed E-state index contributed by atoms with van der Waals surface area (Å²) in [6, 6.07) is 16.1. The Morgan fingerprint density at radius 1 is 1.13 bits per heavy atom. The zero-order valence-electron chi connectivity index (χ0n) is 18.8. The molecule has 2 aromatic rings. The van der Waals surface area contributed by atoms with E-state index in [1.807, 2.05) is 31.2 Å². The molecule has 0 aromatic heterocycles. The highest BCUT2D eigenvalue weighted by molar-refractivity contribution is 5.70. The average Bonchev–Trinajstić information content (AvgIpc) is 3.12. The molecule has 0 heterocycles. The van der Waals surface area contributed by atoms with E-state index in [4.69, 9.17) is 9.84 Å². The zero-order valence-corrected chi connectivity index (χ0v) is 18.8. The van der Waals surface area contributed by atoms with Crippen molar-refractivity contribution in [3.05, 3.63) is 70.8 Å². The Kier molecular flexibility index (Phi) is 7.87. The van der Waals surface area contributed by atoms with Gasteiger partial charge in [0.05, 0.1) is 25.2 Å². The minimum Gasteiger partial charge on any atom is -0.481 e. The largest absolute Gasteiger partial charge is 0.481 e. The second-order valence-corrected chi connectivity index (χ2v) is 9.41. The number of aliphatic carboxylic acids is 1. The van der Waals surface area contributed by atoms with Crippen molar-refractivity contribution in [3.63, 3.8) is 0 Å². The predicted octanol–water partition coefficient (Wildman–Crippen LogP) is 3.93. The van der Waals surface area contributed by atoms with Crippen LogP contribution in [-0.4, -0.2) is 41.0 Å². The maximum absolute atomic E-state index is 11.1. The minimum atomic E-state index is -0.864. The number of β-amino-alcohol motifs (C(OH)–C–C–N with tert-alkyl or cyclic N) is 1. The molecule has 0 unspecified atom stereocenters. The number of hydrogen-bond donors (Lipinski definition) is 3. The summed E-state index contributed by atoms with van der Waals surface area (Å²) < 4.78 is 5.87. The monoisotopic (exact) mass is 425 g/mol. The van der Waals surface area contributed by atoms with Gasteiger partial charge in [-0.15, -0.1) is 0 Å². The van der Waals surface area contributed by atoms with Crippen molar-refractivity contribution in [2.75, 3.05) is 13.2 Å². The molecule has 3 rings (SSSR count). The standard InChI is InChI=1S/C26H35NO4/c1-18(24-11-7-6-10-22(24)14-25(29)30)31-17-23(28)16-27-26(2,3)15-19-12-20-8-4-5-9-21(20)13-19/h4-11,18-19,23,27-28H,12-17H2,1-3H3,(H,29,30)/t18-,23+/m1/s1. The van der Waals surface area contributed by atoms with Crippen molar-refractivity contribution >= 4 is 5.97 Å². The molecule has 0 fully saturated rings. The van der Waals surface area contributed by atoms with Gasteiger partial charge in [0, 0.05) is 12.1 Å². The van der Waals surface area contributed by atoms with Gasteiger partial charge >= 0.3 is 5.97 Å². The van der Waals surface area contributed by atoms with Crippen LogP contribution < -0.4 is 5.32 Å². The molecule has 1 aliphatic carbocycles. The van der Waals surface area contributed by atoms with Gasteiger partial charge in [0.25, 0.3) is 0 Å². The van der Waals surface area contributed by atoms with Crippen molar-refractivity contribution in [2.45, 2.75) is 64.2 Å². The summed E-state index contributed by atoms with van der Waals surface area (Å²) in [7, 11) is 0. The molecule has 0 bridgehead atoms.